The summed E-state index contributed by atoms with van der Waals surface area (Å²) in [5, 5.41) is 14.1. The minimum Gasteiger partial charge on any atom is -0.489 e. The van der Waals surface area contributed by atoms with Crippen LogP contribution in [0.5, 0.6) is 5.75 Å². The van der Waals surface area contributed by atoms with E-state index in [1.54, 1.807) is 0 Å². The molecule has 0 radical (unpaired) electrons. The van der Waals surface area contributed by atoms with Crippen LogP contribution in [0, 0.1) is 0 Å². The molecule has 29 heavy (non-hydrogen) atoms. The molecule has 2 aromatic rings. The van der Waals surface area contributed by atoms with E-state index in [9.17, 15) is 9.90 Å². The molecule has 1 fully saturated rings. The van der Waals surface area contributed by atoms with Crippen molar-refractivity contribution in [2.75, 3.05) is 19.6 Å². The molecule has 1 aliphatic rings. The summed E-state index contributed by atoms with van der Waals surface area (Å²) in [4.78, 5) is 13.4. The second-order valence-electron chi connectivity index (χ2n) is 7.58. The van der Waals surface area contributed by atoms with Crippen molar-refractivity contribution in [3.8, 4) is 5.75 Å². The molecule has 2 N–H and O–H groups in total. The summed E-state index contributed by atoms with van der Waals surface area (Å²) in [6.07, 6.45) is 1.25. The number of carbonyl (C=O) groups is 1. The lowest BCUT2D eigenvalue weighted by atomic mass is 9.91. The van der Waals surface area contributed by atoms with Crippen LogP contribution in [0.25, 0.3) is 0 Å². The summed E-state index contributed by atoms with van der Waals surface area (Å²) < 4.78 is 7.08. The summed E-state index contributed by atoms with van der Waals surface area (Å²) in [6.45, 7) is 4.52. The van der Waals surface area contributed by atoms with Gasteiger partial charge in [-0.15, -0.1) is 0 Å². The number of piperidine rings is 1. The SMILES string of the molecule is CC(=O)NCC1(O)CCN(Cc2cc(Br)ccc2OCc2ccc(Cl)cc2)CC1. The van der Waals surface area contributed by atoms with E-state index in [1.165, 1.54) is 6.92 Å². The molecular weight excluding hydrogens is 456 g/mol. The Bertz CT molecular complexity index is 836. The van der Waals surface area contributed by atoms with E-state index in [2.05, 4.69) is 32.2 Å². The van der Waals surface area contributed by atoms with Crippen molar-refractivity contribution in [1.29, 1.82) is 0 Å². The highest BCUT2D eigenvalue weighted by molar-refractivity contribution is 9.10. The van der Waals surface area contributed by atoms with Gasteiger partial charge in [0, 0.05) is 48.2 Å². The summed E-state index contributed by atoms with van der Waals surface area (Å²) in [5.41, 5.74) is 1.33. The van der Waals surface area contributed by atoms with Gasteiger partial charge in [0.1, 0.15) is 12.4 Å². The standard InChI is InChI=1S/C22H26BrClN2O3/c1-16(27)25-15-22(28)8-10-26(11-9-22)13-18-12-19(23)4-7-21(18)29-14-17-2-5-20(24)6-3-17/h2-7,12,28H,8-11,13-15H2,1H3,(H,25,27). The van der Waals surface area contributed by atoms with Gasteiger partial charge in [-0.05, 0) is 48.7 Å². The number of carbonyl (C=O) groups excluding carboxylic acids is 1. The summed E-state index contributed by atoms with van der Waals surface area (Å²) in [7, 11) is 0. The van der Waals surface area contributed by atoms with Crippen LogP contribution >= 0.6 is 27.5 Å². The van der Waals surface area contributed by atoms with Crippen molar-refractivity contribution >= 4 is 33.4 Å². The Morgan fingerprint density at radius 1 is 1.24 bits per heavy atom. The Kier molecular flexibility index (Phi) is 7.57. The largest absolute Gasteiger partial charge is 0.489 e. The Morgan fingerprint density at radius 3 is 2.59 bits per heavy atom. The molecule has 2 aromatic carbocycles. The van der Waals surface area contributed by atoms with Crippen molar-refractivity contribution < 1.29 is 14.6 Å². The quantitative estimate of drug-likeness (QED) is 0.624. The third kappa shape index (κ3) is 6.71. The fourth-order valence-electron chi connectivity index (χ4n) is 3.39. The van der Waals surface area contributed by atoms with Crippen molar-refractivity contribution in [3.63, 3.8) is 0 Å². The van der Waals surface area contributed by atoms with Crippen LogP contribution in [0.1, 0.15) is 30.9 Å². The highest BCUT2D eigenvalue weighted by atomic mass is 79.9. The maximum atomic E-state index is 11.1. The van der Waals surface area contributed by atoms with E-state index in [4.69, 9.17) is 16.3 Å². The van der Waals surface area contributed by atoms with Gasteiger partial charge < -0.3 is 15.2 Å². The van der Waals surface area contributed by atoms with Gasteiger partial charge in [-0.1, -0.05) is 39.7 Å². The average molecular weight is 482 g/mol. The first-order chi connectivity index (χ1) is 13.8. The number of likely N-dealkylation sites (tertiary alicyclic amines) is 1. The van der Waals surface area contributed by atoms with Gasteiger partial charge >= 0.3 is 0 Å². The number of amides is 1. The van der Waals surface area contributed by atoms with Crippen LogP contribution in [-0.4, -0.2) is 41.1 Å². The van der Waals surface area contributed by atoms with E-state index in [0.29, 0.717) is 31.0 Å². The molecule has 1 amide bonds. The van der Waals surface area contributed by atoms with Crippen LogP contribution < -0.4 is 10.1 Å². The first kappa shape index (κ1) is 22.1. The zero-order chi connectivity index (χ0) is 20.9. The minimum atomic E-state index is -0.826. The highest BCUT2D eigenvalue weighted by Gasteiger charge is 2.32. The third-order valence-electron chi connectivity index (χ3n) is 5.18. The first-order valence-electron chi connectivity index (χ1n) is 9.68. The predicted octanol–water partition coefficient (Wildman–Crippen LogP) is 4.14. The molecule has 0 aromatic heterocycles. The smallest absolute Gasteiger partial charge is 0.216 e. The topological polar surface area (TPSA) is 61.8 Å². The minimum absolute atomic E-state index is 0.113. The average Bonchev–Trinajstić information content (AvgIpc) is 2.69. The van der Waals surface area contributed by atoms with E-state index < -0.39 is 5.60 Å². The molecule has 156 valence electrons. The molecule has 0 spiro atoms. The van der Waals surface area contributed by atoms with E-state index in [-0.39, 0.29) is 5.91 Å². The Balaban J connectivity index is 1.60. The molecule has 1 heterocycles. The number of aliphatic hydroxyl groups is 1. The van der Waals surface area contributed by atoms with Crippen LogP contribution in [0.15, 0.2) is 46.9 Å². The Morgan fingerprint density at radius 2 is 1.93 bits per heavy atom. The second-order valence-corrected chi connectivity index (χ2v) is 8.93. The van der Waals surface area contributed by atoms with Crippen molar-refractivity contribution in [1.82, 2.24) is 10.2 Å². The normalized spacial score (nSPS) is 16.4. The lowest BCUT2D eigenvalue weighted by Crippen LogP contribution is -2.50. The van der Waals surface area contributed by atoms with Crippen LogP contribution in [0.4, 0.5) is 0 Å². The molecule has 0 saturated carbocycles. The van der Waals surface area contributed by atoms with Crippen molar-refractivity contribution in [2.45, 2.75) is 38.5 Å². The molecule has 0 atom stereocenters. The van der Waals surface area contributed by atoms with Gasteiger partial charge in [0.15, 0.2) is 0 Å². The van der Waals surface area contributed by atoms with Gasteiger partial charge in [-0.2, -0.15) is 0 Å². The first-order valence-corrected chi connectivity index (χ1v) is 10.8. The summed E-state index contributed by atoms with van der Waals surface area (Å²) in [6, 6.07) is 13.7. The van der Waals surface area contributed by atoms with Gasteiger partial charge in [-0.3, -0.25) is 9.69 Å². The van der Waals surface area contributed by atoms with Crippen molar-refractivity contribution in [3.05, 3.63) is 63.1 Å². The monoisotopic (exact) mass is 480 g/mol. The second kappa shape index (κ2) is 9.94. The van der Waals surface area contributed by atoms with Gasteiger partial charge in [0.25, 0.3) is 0 Å². The molecule has 1 saturated heterocycles. The Hall–Kier alpha value is -1.60. The molecule has 1 aliphatic heterocycles. The molecule has 0 bridgehead atoms. The number of rotatable bonds is 7. The molecule has 5 nitrogen and oxygen atoms in total. The summed E-state index contributed by atoms with van der Waals surface area (Å²) >= 11 is 9.49. The van der Waals surface area contributed by atoms with Gasteiger partial charge in [0.2, 0.25) is 5.91 Å². The third-order valence-corrected chi connectivity index (χ3v) is 5.92. The van der Waals surface area contributed by atoms with Gasteiger partial charge in [-0.25, -0.2) is 0 Å². The fraction of sp³-hybridized carbons (Fsp3) is 0.409. The number of hydrogen-bond donors (Lipinski definition) is 2. The molecule has 0 unspecified atom stereocenters. The number of nitrogens with zero attached hydrogens (tertiary/aromatic N) is 1. The molecule has 3 rings (SSSR count). The van der Waals surface area contributed by atoms with Crippen molar-refractivity contribution in [2.24, 2.45) is 0 Å². The zero-order valence-corrected chi connectivity index (χ0v) is 18.8. The number of halogens is 2. The molecule has 0 aliphatic carbocycles. The number of benzene rings is 2. The predicted molar refractivity (Wildman–Crippen MR) is 118 cm³/mol. The maximum Gasteiger partial charge on any atom is 0.216 e. The van der Waals surface area contributed by atoms with E-state index >= 15 is 0 Å². The van der Waals surface area contributed by atoms with E-state index in [0.717, 1.165) is 41.0 Å². The van der Waals surface area contributed by atoms with E-state index in [1.807, 2.05) is 36.4 Å². The number of nitrogens with one attached hydrogen (secondary N) is 1. The van der Waals surface area contributed by atoms with Crippen LogP contribution in [0.3, 0.4) is 0 Å². The lowest BCUT2D eigenvalue weighted by Gasteiger charge is -2.38. The van der Waals surface area contributed by atoms with Gasteiger partial charge in [0.05, 0.1) is 5.60 Å². The van der Waals surface area contributed by atoms with Crippen LogP contribution in [-0.2, 0) is 17.9 Å². The maximum absolute atomic E-state index is 11.1. The number of hydrogen-bond acceptors (Lipinski definition) is 4. The number of ether oxygens (including phenoxy) is 1. The summed E-state index contributed by atoms with van der Waals surface area (Å²) in [5.74, 6) is 0.736. The Labute approximate surface area is 185 Å². The van der Waals surface area contributed by atoms with Crippen LogP contribution in [0.2, 0.25) is 5.02 Å². The molecular formula is C22H26BrClN2O3. The highest BCUT2D eigenvalue weighted by Crippen LogP contribution is 2.28. The zero-order valence-electron chi connectivity index (χ0n) is 16.5. The fourth-order valence-corrected chi connectivity index (χ4v) is 3.92. The lowest BCUT2D eigenvalue weighted by molar-refractivity contribution is -0.120. The molecule has 7 heteroatoms.